The average molecular weight is 269 g/mol. The van der Waals surface area contributed by atoms with Crippen molar-refractivity contribution in [3.05, 3.63) is 48.9 Å². The van der Waals surface area contributed by atoms with Gasteiger partial charge in [-0.25, -0.2) is 0 Å². The normalized spacial score (nSPS) is 11.4. The Morgan fingerprint density at radius 1 is 1.20 bits per heavy atom. The Bertz CT molecular complexity index is 559. The molecule has 0 aliphatic heterocycles. The van der Waals surface area contributed by atoms with Crippen molar-refractivity contribution in [2.45, 2.75) is 27.7 Å². The lowest BCUT2D eigenvalue weighted by Gasteiger charge is -2.32. The SMILES string of the molecule is C=C(C)N(CC(C)(C)C)c1ccc(-c2cn[nH]c2)cc1. The number of H-pyrrole nitrogens is 1. The van der Waals surface area contributed by atoms with Gasteiger partial charge in [0.1, 0.15) is 0 Å². The zero-order valence-corrected chi connectivity index (χ0v) is 12.8. The lowest BCUT2D eigenvalue weighted by molar-refractivity contribution is 0.420. The Hall–Kier alpha value is -2.03. The van der Waals surface area contributed by atoms with Crippen molar-refractivity contribution < 1.29 is 0 Å². The monoisotopic (exact) mass is 269 g/mol. The van der Waals surface area contributed by atoms with E-state index < -0.39 is 0 Å². The fourth-order valence-electron chi connectivity index (χ4n) is 2.16. The molecule has 0 unspecified atom stereocenters. The van der Waals surface area contributed by atoms with Gasteiger partial charge in [0.15, 0.2) is 0 Å². The van der Waals surface area contributed by atoms with E-state index in [1.165, 1.54) is 11.3 Å². The molecule has 3 heteroatoms. The lowest BCUT2D eigenvalue weighted by atomic mass is 9.95. The second-order valence-corrected chi connectivity index (χ2v) is 6.42. The van der Waals surface area contributed by atoms with E-state index in [4.69, 9.17) is 0 Å². The van der Waals surface area contributed by atoms with Gasteiger partial charge >= 0.3 is 0 Å². The highest BCUT2D eigenvalue weighted by atomic mass is 15.1. The molecule has 1 heterocycles. The first-order valence-corrected chi connectivity index (χ1v) is 6.89. The highest BCUT2D eigenvalue weighted by molar-refractivity contribution is 5.65. The van der Waals surface area contributed by atoms with Crippen molar-refractivity contribution in [1.29, 1.82) is 0 Å². The van der Waals surface area contributed by atoms with E-state index in [-0.39, 0.29) is 5.41 Å². The molecule has 0 aliphatic rings. The van der Waals surface area contributed by atoms with E-state index in [1.54, 1.807) is 0 Å². The number of allylic oxidation sites excluding steroid dienone is 1. The molecule has 106 valence electrons. The molecule has 0 fully saturated rings. The topological polar surface area (TPSA) is 31.9 Å². The molecular formula is C17H23N3. The standard InChI is InChI=1S/C17H23N3/c1-13(2)20(12-17(3,4)5)16-8-6-14(7-9-16)15-10-18-19-11-15/h6-11H,1,12H2,2-5H3,(H,18,19). The molecule has 0 saturated carbocycles. The Kier molecular flexibility index (Phi) is 3.98. The summed E-state index contributed by atoms with van der Waals surface area (Å²) in [6, 6.07) is 8.53. The maximum absolute atomic E-state index is 4.10. The third-order valence-corrected chi connectivity index (χ3v) is 3.10. The first kappa shape index (κ1) is 14.4. The molecule has 3 nitrogen and oxygen atoms in total. The van der Waals surface area contributed by atoms with Crippen molar-refractivity contribution in [3.8, 4) is 11.1 Å². The number of nitrogens with zero attached hydrogens (tertiary/aromatic N) is 2. The van der Waals surface area contributed by atoms with E-state index >= 15 is 0 Å². The van der Waals surface area contributed by atoms with Gasteiger partial charge in [0.2, 0.25) is 0 Å². The minimum atomic E-state index is 0.224. The second-order valence-electron chi connectivity index (χ2n) is 6.42. The van der Waals surface area contributed by atoms with E-state index in [9.17, 15) is 0 Å². The largest absolute Gasteiger partial charge is 0.345 e. The molecule has 20 heavy (non-hydrogen) atoms. The Labute approximate surface area is 121 Å². The molecule has 0 aliphatic carbocycles. The number of hydrogen-bond donors (Lipinski definition) is 1. The van der Waals surface area contributed by atoms with Crippen molar-refractivity contribution in [3.63, 3.8) is 0 Å². The van der Waals surface area contributed by atoms with Gasteiger partial charge in [-0.05, 0) is 30.0 Å². The zero-order valence-electron chi connectivity index (χ0n) is 12.8. The van der Waals surface area contributed by atoms with Gasteiger partial charge < -0.3 is 4.90 Å². The summed E-state index contributed by atoms with van der Waals surface area (Å²) in [5, 5.41) is 6.82. The maximum atomic E-state index is 4.10. The van der Waals surface area contributed by atoms with Crippen LogP contribution < -0.4 is 4.90 Å². The summed E-state index contributed by atoms with van der Waals surface area (Å²) in [4.78, 5) is 2.26. The summed E-state index contributed by atoms with van der Waals surface area (Å²) in [6.07, 6.45) is 3.74. The summed E-state index contributed by atoms with van der Waals surface area (Å²) in [7, 11) is 0. The van der Waals surface area contributed by atoms with Gasteiger partial charge in [-0.2, -0.15) is 5.10 Å². The lowest BCUT2D eigenvalue weighted by Crippen LogP contribution is -2.30. The van der Waals surface area contributed by atoms with Crippen LogP contribution in [0.2, 0.25) is 0 Å². The van der Waals surface area contributed by atoms with E-state index in [2.05, 4.69) is 73.6 Å². The third kappa shape index (κ3) is 3.50. The third-order valence-electron chi connectivity index (χ3n) is 3.10. The van der Waals surface area contributed by atoms with E-state index in [0.29, 0.717) is 0 Å². The molecule has 1 N–H and O–H groups in total. The van der Waals surface area contributed by atoms with Crippen LogP contribution in [0.5, 0.6) is 0 Å². The summed E-state index contributed by atoms with van der Waals surface area (Å²) >= 11 is 0. The number of aromatic nitrogens is 2. The molecule has 0 bridgehead atoms. The van der Waals surface area contributed by atoms with Gasteiger partial charge in [0.25, 0.3) is 0 Å². The molecule has 2 rings (SSSR count). The average Bonchev–Trinajstić information content (AvgIpc) is 2.89. The first-order valence-electron chi connectivity index (χ1n) is 6.89. The predicted octanol–water partition coefficient (Wildman–Crippen LogP) is 4.46. The minimum absolute atomic E-state index is 0.224. The van der Waals surface area contributed by atoms with Crippen molar-refractivity contribution >= 4 is 5.69 Å². The highest BCUT2D eigenvalue weighted by Gasteiger charge is 2.17. The predicted molar refractivity (Wildman–Crippen MR) is 85.6 cm³/mol. The van der Waals surface area contributed by atoms with Crippen molar-refractivity contribution in [2.24, 2.45) is 5.41 Å². The minimum Gasteiger partial charge on any atom is -0.345 e. The summed E-state index contributed by atoms with van der Waals surface area (Å²) in [6.45, 7) is 13.8. The fourth-order valence-corrected chi connectivity index (χ4v) is 2.16. The molecule has 2 aromatic rings. The van der Waals surface area contributed by atoms with E-state index in [1.807, 2.05) is 12.4 Å². The van der Waals surface area contributed by atoms with Gasteiger partial charge in [0, 0.05) is 29.7 Å². The quantitative estimate of drug-likeness (QED) is 0.888. The van der Waals surface area contributed by atoms with Gasteiger partial charge in [-0.3, -0.25) is 5.10 Å². The van der Waals surface area contributed by atoms with Crippen LogP contribution in [-0.2, 0) is 0 Å². The molecule has 1 aromatic heterocycles. The maximum Gasteiger partial charge on any atom is 0.0565 e. The number of rotatable bonds is 4. The number of hydrogen-bond acceptors (Lipinski definition) is 2. The highest BCUT2D eigenvalue weighted by Crippen LogP contribution is 2.27. The van der Waals surface area contributed by atoms with Crippen LogP contribution in [0.4, 0.5) is 5.69 Å². The van der Waals surface area contributed by atoms with Gasteiger partial charge in [0.05, 0.1) is 6.20 Å². The fraction of sp³-hybridized carbons (Fsp3) is 0.353. The summed E-state index contributed by atoms with van der Waals surface area (Å²) < 4.78 is 0. The Morgan fingerprint density at radius 2 is 1.85 bits per heavy atom. The molecule has 0 radical (unpaired) electrons. The molecule has 0 amide bonds. The second kappa shape index (κ2) is 5.53. The summed E-state index contributed by atoms with van der Waals surface area (Å²) in [5.41, 5.74) is 4.74. The van der Waals surface area contributed by atoms with E-state index in [0.717, 1.165) is 17.8 Å². The number of anilines is 1. The molecule has 0 spiro atoms. The molecular weight excluding hydrogens is 246 g/mol. The van der Waals surface area contributed by atoms with Crippen LogP contribution in [0.3, 0.4) is 0 Å². The molecule has 0 atom stereocenters. The zero-order chi connectivity index (χ0) is 14.8. The van der Waals surface area contributed by atoms with Crippen LogP contribution >= 0.6 is 0 Å². The van der Waals surface area contributed by atoms with Crippen LogP contribution in [-0.4, -0.2) is 16.7 Å². The van der Waals surface area contributed by atoms with Crippen LogP contribution in [0.15, 0.2) is 48.9 Å². The van der Waals surface area contributed by atoms with Crippen molar-refractivity contribution in [1.82, 2.24) is 10.2 Å². The summed E-state index contributed by atoms with van der Waals surface area (Å²) in [5.74, 6) is 0. The smallest absolute Gasteiger partial charge is 0.0565 e. The van der Waals surface area contributed by atoms with Crippen LogP contribution in [0.1, 0.15) is 27.7 Å². The Morgan fingerprint density at radius 3 is 2.30 bits per heavy atom. The van der Waals surface area contributed by atoms with Crippen LogP contribution in [0, 0.1) is 5.41 Å². The number of nitrogens with one attached hydrogen (secondary N) is 1. The molecule has 1 aromatic carbocycles. The van der Waals surface area contributed by atoms with Crippen molar-refractivity contribution in [2.75, 3.05) is 11.4 Å². The van der Waals surface area contributed by atoms with Gasteiger partial charge in [-0.1, -0.05) is 39.5 Å². The number of benzene rings is 1. The first-order chi connectivity index (χ1) is 9.37. The van der Waals surface area contributed by atoms with Crippen LogP contribution in [0.25, 0.3) is 11.1 Å². The molecule has 0 saturated heterocycles. The Balaban J connectivity index is 2.25. The van der Waals surface area contributed by atoms with Gasteiger partial charge in [-0.15, -0.1) is 0 Å². The number of aromatic amines is 1.